The molecule has 7 nitrogen and oxygen atoms in total. The van der Waals surface area contributed by atoms with Gasteiger partial charge >= 0.3 is 0 Å². The molecule has 2 aromatic rings. The van der Waals surface area contributed by atoms with Crippen LogP contribution in [-0.2, 0) is 0 Å². The molecule has 7 heteroatoms. The van der Waals surface area contributed by atoms with Crippen LogP contribution in [0.25, 0.3) is 0 Å². The molecule has 3 rings (SSSR count). The van der Waals surface area contributed by atoms with Gasteiger partial charge in [0.05, 0.1) is 12.1 Å². The van der Waals surface area contributed by atoms with Crippen LogP contribution in [0.1, 0.15) is 34.6 Å². The SMILES string of the molecule is Cc1ncccc1C(=O)N1CCCC(Oc2nccnc2C#N)C1. The van der Waals surface area contributed by atoms with E-state index in [1.54, 1.807) is 23.2 Å². The van der Waals surface area contributed by atoms with Crippen molar-refractivity contribution in [2.45, 2.75) is 25.9 Å². The maximum atomic E-state index is 12.7. The average Bonchev–Trinajstić information content (AvgIpc) is 2.62. The molecule has 0 aromatic carbocycles. The van der Waals surface area contributed by atoms with Crippen LogP contribution in [-0.4, -0.2) is 45.0 Å². The molecule has 3 heterocycles. The van der Waals surface area contributed by atoms with Crippen LogP contribution in [0.2, 0.25) is 0 Å². The van der Waals surface area contributed by atoms with Crippen LogP contribution < -0.4 is 4.74 Å². The summed E-state index contributed by atoms with van der Waals surface area (Å²) in [6.07, 6.45) is 6.04. The number of hydrogen-bond donors (Lipinski definition) is 0. The smallest absolute Gasteiger partial charge is 0.255 e. The number of carbonyl (C=O) groups excluding carboxylic acids is 1. The number of amides is 1. The summed E-state index contributed by atoms with van der Waals surface area (Å²) in [6, 6.07) is 5.51. The second-order valence-electron chi connectivity index (χ2n) is 5.59. The number of nitrogens with zero attached hydrogens (tertiary/aromatic N) is 5. The van der Waals surface area contributed by atoms with Gasteiger partial charge in [-0.05, 0) is 31.9 Å². The number of likely N-dealkylation sites (tertiary alicyclic amines) is 1. The number of aryl methyl sites for hydroxylation is 1. The second-order valence-corrected chi connectivity index (χ2v) is 5.59. The minimum atomic E-state index is -0.205. The van der Waals surface area contributed by atoms with Crippen molar-refractivity contribution in [2.75, 3.05) is 13.1 Å². The lowest BCUT2D eigenvalue weighted by Gasteiger charge is -2.32. The number of nitriles is 1. The lowest BCUT2D eigenvalue weighted by molar-refractivity contribution is 0.0525. The van der Waals surface area contributed by atoms with E-state index < -0.39 is 0 Å². The van der Waals surface area contributed by atoms with Crippen LogP contribution in [0.15, 0.2) is 30.7 Å². The Kier molecular flexibility index (Phi) is 4.66. The molecule has 1 amide bonds. The number of ether oxygens (including phenoxy) is 1. The zero-order valence-corrected chi connectivity index (χ0v) is 13.3. The first kappa shape index (κ1) is 15.9. The number of carbonyl (C=O) groups is 1. The monoisotopic (exact) mass is 323 g/mol. The van der Waals surface area contributed by atoms with Gasteiger partial charge in [-0.2, -0.15) is 5.26 Å². The summed E-state index contributed by atoms with van der Waals surface area (Å²) in [7, 11) is 0. The predicted octanol–water partition coefficient (Wildman–Crippen LogP) is 1.74. The molecule has 0 saturated carbocycles. The third-order valence-corrected chi connectivity index (χ3v) is 3.95. The fourth-order valence-electron chi connectivity index (χ4n) is 2.75. The van der Waals surface area contributed by atoms with Gasteiger partial charge in [0.15, 0.2) is 0 Å². The van der Waals surface area contributed by atoms with Crippen molar-refractivity contribution in [3.63, 3.8) is 0 Å². The number of aromatic nitrogens is 3. The van der Waals surface area contributed by atoms with Crippen molar-refractivity contribution in [2.24, 2.45) is 0 Å². The molecule has 1 unspecified atom stereocenters. The van der Waals surface area contributed by atoms with E-state index in [1.165, 1.54) is 12.4 Å². The molecular formula is C17H17N5O2. The average molecular weight is 323 g/mol. The minimum Gasteiger partial charge on any atom is -0.470 e. The van der Waals surface area contributed by atoms with E-state index in [-0.39, 0.29) is 23.6 Å². The number of hydrogen-bond acceptors (Lipinski definition) is 6. The van der Waals surface area contributed by atoms with Crippen molar-refractivity contribution in [1.82, 2.24) is 19.9 Å². The van der Waals surface area contributed by atoms with Crippen LogP contribution in [0.5, 0.6) is 5.88 Å². The van der Waals surface area contributed by atoms with Crippen molar-refractivity contribution >= 4 is 5.91 Å². The Balaban J connectivity index is 1.72. The Hall–Kier alpha value is -3.01. The molecular weight excluding hydrogens is 306 g/mol. The van der Waals surface area contributed by atoms with Gasteiger partial charge in [-0.3, -0.25) is 9.78 Å². The lowest BCUT2D eigenvalue weighted by Crippen LogP contribution is -2.44. The van der Waals surface area contributed by atoms with E-state index in [2.05, 4.69) is 15.0 Å². The highest BCUT2D eigenvalue weighted by Crippen LogP contribution is 2.20. The standard InChI is InChI=1S/C17H17N5O2/c1-12-14(5-2-6-19-12)17(23)22-9-3-4-13(11-22)24-16-15(10-18)20-7-8-21-16/h2,5-8,13H,3-4,9,11H2,1H3. The van der Waals surface area contributed by atoms with E-state index >= 15 is 0 Å². The molecule has 122 valence electrons. The van der Waals surface area contributed by atoms with E-state index in [0.29, 0.717) is 24.3 Å². The minimum absolute atomic E-state index is 0.0476. The number of pyridine rings is 1. The molecule has 1 atom stereocenters. The third kappa shape index (κ3) is 3.33. The van der Waals surface area contributed by atoms with E-state index in [9.17, 15) is 4.79 Å². The lowest BCUT2D eigenvalue weighted by atomic mass is 10.1. The first-order chi connectivity index (χ1) is 11.7. The van der Waals surface area contributed by atoms with Gasteiger partial charge in [0.2, 0.25) is 5.69 Å². The Labute approximate surface area is 139 Å². The quantitative estimate of drug-likeness (QED) is 0.854. The van der Waals surface area contributed by atoms with Gasteiger partial charge in [-0.15, -0.1) is 0 Å². The molecule has 0 spiro atoms. The van der Waals surface area contributed by atoms with E-state index in [0.717, 1.165) is 12.8 Å². The van der Waals surface area contributed by atoms with Crippen LogP contribution in [0.3, 0.4) is 0 Å². The molecule has 1 aliphatic heterocycles. The maximum absolute atomic E-state index is 12.7. The Morgan fingerprint density at radius 2 is 2.17 bits per heavy atom. The highest BCUT2D eigenvalue weighted by Gasteiger charge is 2.27. The summed E-state index contributed by atoms with van der Waals surface area (Å²) in [5.41, 5.74) is 1.48. The van der Waals surface area contributed by atoms with Gasteiger partial charge in [-0.25, -0.2) is 9.97 Å². The van der Waals surface area contributed by atoms with Crippen LogP contribution >= 0.6 is 0 Å². The maximum Gasteiger partial charge on any atom is 0.255 e. The molecule has 0 bridgehead atoms. The second kappa shape index (κ2) is 7.04. The highest BCUT2D eigenvalue weighted by molar-refractivity contribution is 5.95. The number of piperidine rings is 1. The van der Waals surface area contributed by atoms with Gasteiger partial charge in [0, 0.05) is 30.8 Å². The molecule has 2 aromatic heterocycles. The number of rotatable bonds is 3. The van der Waals surface area contributed by atoms with Crippen molar-refractivity contribution in [1.29, 1.82) is 5.26 Å². The summed E-state index contributed by atoms with van der Waals surface area (Å²) >= 11 is 0. The molecule has 0 aliphatic carbocycles. The summed E-state index contributed by atoms with van der Waals surface area (Å²) in [6.45, 7) is 2.96. The molecule has 1 fully saturated rings. The molecule has 0 N–H and O–H groups in total. The predicted molar refractivity (Wildman–Crippen MR) is 85.3 cm³/mol. The zero-order chi connectivity index (χ0) is 16.9. The fourth-order valence-corrected chi connectivity index (χ4v) is 2.75. The molecule has 1 aliphatic rings. The summed E-state index contributed by atoms with van der Waals surface area (Å²) in [5, 5.41) is 9.06. The largest absolute Gasteiger partial charge is 0.470 e. The van der Waals surface area contributed by atoms with E-state index in [4.69, 9.17) is 10.00 Å². The fraction of sp³-hybridized carbons (Fsp3) is 0.353. The van der Waals surface area contributed by atoms with Gasteiger partial charge in [0.25, 0.3) is 11.8 Å². The first-order valence-corrected chi connectivity index (χ1v) is 7.77. The molecule has 0 radical (unpaired) electrons. The van der Waals surface area contributed by atoms with Crippen molar-refractivity contribution in [3.8, 4) is 11.9 Å². The van der Waals surface area contributed by atoms with Crippen molar-refractivity contribution < 1.29 is 9.53 Å². The van der Waals surface area contributed by atoms with Gasteiger partial charge in [-0.1, -0.05) is 0 Å². The molecule has 24 heavy (non-hydrogen) atoms. The van der Waals surface area contributed by atoms with Crippen LogP contribution in [0, 0.1) is 18.3 Å². The van der Waals surface area contributed by atoms with E-state index in [1.807, 2.05) is 13.0 Å². The zero-order valence-electron chi connectivity index (χ0n) is 13.3. The van der Waals surface area contributed by atoms with Crippen molar-refractivity contribution in [3.05, 3.63) is 47.7 Å². The van der Waals surface area contributed by atoms with Crippen LogP contribution in [0.4, 0.5) is 0 Å². The normalized spacial score (nSPS) is 17.2. The topological polar surface area (TPSA) is 92.0 Å². The first-order valence-electron chi connectivity index (χ1n) is 7.77. The molecule has 1 saturated heterocycles. The Morgan fingerprint density at radius 1 is 1.33 bits per heavy atom. The Bertz CT molecular complexity index is 787. The summed E-state index contributed by atoms with van der Waals surface area (Å²) in [4.78, 5) is 26.6. The highest BCUT2D eigenvalue weighted by atomic mass is 16.5. The summed E-state index contributed by atoms with van der Waals surface area (Å²) < 4.78 is 5.82. The van der Waals surface area contributed by atoms with Gasteiger partial charge < -0.3 is 9.64 Å². The summed E-state index contributed by atoms with van der Waals surface area (Å²) in [5.74, 6) is 0.172. The Morgan fingerprint density at radius 3 is 2.96 bits per heavy atom. The van der Waals surface area contributed by atoms with Gasteiger partial charge in [0.1, 0.15) is 12.2 Å². The third-order valence-electron chi connectivity index (χ3n) is 3.95.